The summed E-state index contributed by atoms with van der Waals surface area (Å²) in [6.45, 7) is 0. The van der Waals surface area contributed by atoms with Crippen molar-refractivity contribution in [1.82, 2.24) is 20.6 Å². The maximum absolute atomic E-state index is 12.0. The molecule has 7 nitrogen and oxygen atoms in total. The molecule has 0 aliphatic heterocycles. The summed E-state index contributed by atoms with van der Waals surface area (Å²) in [6.07, 6.45) is 1.94. The van der Waals surface area contributed by atoms with Crippen LogP contribution in [0.25, 0.3) is 10.9 Å². The fourth-order valence-electron chi connectivity index (χ4n) is 2.62. The lowest BCUT2D eigenvalue weighted by Gasteiger charge is -2.10. The quantitative estimate of drug-likeness (QED) is 0.438. The molecule has 3 N–H and O–H groups in total. The minimum absolute atomic E-state index is 0.0567. The number of thioether (sulfide) groups is 1. The van der Waals surface area contributed by atoms with E-state index >= 15 is 0 Å². The SMILES string of the molecule is O=C(CSc1nc(Nc2ccccc2)c2ccccc2n1)NC(=O)NC1CC1. The molecule has 0 radical (unpaired) electrons. The van der Waals surface area contributed by atoms with Gasteiger partial charge in [0.25, 0.3) is 0 Å². The van der Waals surface area contributed by atoms with Crippen LogP contribution in [0.5, 0.6) is 0 Å². The number of nitrogens with zero attached hydrogens (tertiary/aromatic N) is 2. The molecule has 0 atom stereocenters. The third-order valence-electron chi connectivity index (χ3n) is 4.12. The van der Waals surface area contributed by atoms with Gasteiger partial charge < -0.3 is 10.6 Å². The average molecular weight is 393 g/mol. The number of carbonyl (C=O) groups excluding carboxylic acids is 2. The van der Waals surface area contributed by atoms with E-state index in [0.29, 0.717) is 11.0 Å². The second kappa shape index (κ2) is 8.26. The average Bonchev–Trinajstić information content (AvgIpc) is 3.51. The van der Waals surface area contributed by atoms with Crippen molar-refractivity contribution in [1.29, 1.82) is 0 Å². The van der Waals surface area contributed by atoms with Crippen molar-refractivity contribution in [3.63, 3.8) is 0 Å². The van der Waals surface area contributed by atoms with Crippen LogP contribution in [0.3, 0.4) is 0 Å². The van der Waals surface area contributed by atoms with Crippen molar-refractivity contribution in [3.8, 4) is 0 Å². The van der Waals surface area contributed by atoms with E-state index in [1.54, 1.807) is 0 Å². The molecule has 4 rings (SSSR count). The largest absolute Gasteiger partial charge is 0.340 e. The highest BCUT2D eigenvalue weighted by molar-refractivity contribution is 7.99. The van der Waals surface area contributed by atoms with Crippen molar-refractivity contribution in [2.24, 2.45) is 0 Å². The van der Waals surface area contributed by atoms with Gasteiger partial charge in [0.1, 0.15) is 5.82 Å². The Morgan fingerprint density at radius 3 is 2.54 bits per heavy atom. The number of rotatable bonds is 6. The zero-order valence-electron chi connectivity index (χ0n) is 15.0. The number of urea groups is 1. The van der Waals surface area contributed by atoms with E-state index < -0.39 is 6.03 Å². The van der Waals surface area contributed by atoms with Crippen molar-refractivity contribution in [2.75, 3.05) is 11.1 Å². The fourth-order valence-corrected chi connectivity index (χ4v) is 3.27. The van der Waals surface area contributed by atoms with Gasteiger partial charge in [-0.3, -0.25) is 10.1 Å². The minimum atomic E-state index is -0.445. The predicted octanol–water partition coefficient (Wildman–Crippen LogP) is 3.45. The van der Waals surface area contributed by atoms with Gasteiger partial charge in [0.2, 0.25) is 5.91 Å². The first-order valence-electron chi connectivity index (χ1n) is 8.99. The number of fused-ring (bicyclic) bond motifs is 1. The third kappa shape index (κ3) is 4.77. The molecule has 0 saturated heterocycles. The zero-order chi connectivity index (χ0) is 19.3. The van der Waals surface area contributed by atoms with Crippen molar-refractivity contribution >= 4 is 46.1 Å². The lowest BCUT2D eigenvalue weighted by Crippen LogP contribution is -2.41. The first-order chi connectivity index (χ1) is 13.7. The van der Waals surface area contributed by atoms with Crippen LogP contribution in [0.2, 0.25) is 0 Å². The first-order valence-corrected chi connectivity index (χ1v) is 9.98. The summed E-state index contributed by atoms with van der Waals surface area (Å²) in [5, 5.41) is 9.72. The molecule has 0 spiro atoms. The normalized spacial score (nSPS) is 13.1. The summed E-state index contributed by atoms with van der Waals surface area (Å²) in [4.78, 5) is 32.7. The van der Waals surface area contributed by atoms with E-state index in [4.69, 9.17) is 0 Å². The molecule has 3 amide bonds. The monoisotopic (exact) mass is 393 g/mol. The highest BCUT2D eigenvalue weighted by atomic mass is 32.2. The molecule has 3 aromatic rings. The molecule has 142 valence electrons. The highest BCUT2D eigenvalue weighted by Gasteiger charge is 2.24. The van der Waals surface area contributed by atoms with Gasteiger partial charge in [-0.05, 0) is 37.1 Å². The van der Waals surface area contributed by atoms with Crippen LogP contribution in [-0.4, -0.2) is 33.7 Å². The van der Waals surface area contributed by atoms with Gasteiger partial charge in [-0.25, -0.2) is 14.8 Å². The lowest BCUT2D eigenvalue weighted by molar-refractivity contribution is -0.117. The number of para-hydroxylation sites is 2. The molecule has 0 unspecified atom stereocenters. The van der Waals surface area contributed by atoms with Crippen LogP contribution < -0.4 is 16.0 Å². The van der Waals surface area contributed by atoms with Gasteiger partial charge >= 0.3 is 6.03 Å². The first kappa shape index (κ1) is 18.2. The number of nitrogens with one attached hydrogen (secondary N) is 3. The Labute approximate surface area is 166 Å². The van der Waals surface area contributed by atoms with Gasteiger partial charge in [-0.15, -0.1) is 0 Å². The summed E-state index contributed by atoms with van der Waals surface area (Å²) < 4.78 is 0. The molecule has 1 heterocycles. The van der Waals surface area contributed by atoms with E-state index in [-0.39, 0.29) is 17.7 Å². The van der Waals surface area contributed by atoms with E-state index in [1.165, 1.54) is 11.8 Å². The van der Waals surface area contributed by atoms with Crippen molar-refractivity contribution in [2.45, 2.75) is 24.0 Å². The van der Waals surface area contributed by atoms with Gasteiger partial charge in [-0.2, -0.15) is 0 Å². The third-order valence-corrected chi connectivity index (χ3v) is 4.96. The number of anilines is 2. The van der Waals surface area contributed by atoms with Gasteiger partial charge in [0.05, 0.1) is 11.3 Å². The summed E-state index contributed by atoms with van der Waals surface area (Å²) in [7, 11) is 0. The maximum atomic E-state index is 12.0. The number of carbonyl (C=O) groups is 2. The van der Waals surface area contributed by atoms with Crippen LogP contribution in [0.4, 0.5) is 16.3 Å². The Kier molecular flexibility index (Phi) is 5.38. The van der Waals surface area contributed by atoms with Crippen LogP contribution in [0, 0.1) is 0 Å². The Morgan fingerprint density at radius 1 is 1.00 bits per heavy atom. The van der Waals surface area contributed by atoms with Gasteiger partial charge in [0, 0.05) is 17.1 Å². The molecule has 8 heteroatoms. The Balaban J connectivity index is 1.47. The molecule has 1 fully saturated rings. The van der Waals surface area contributed by atoms with E-state index in [2.05, 4.69) is 25.9 Å². The van der Waals surface area contributed by atoms with Crippen LogP contribution in [0.15, 0.2) is 59.8 Å². The molecule has 28 heavy (non-hydrogen) atoms. The molecule has 1 aliphatic rings. The minimum Gasteiger partial charge on any atom is -0.340 e. The molecular formula is C20H19N5O2S. The van der Waals surface area contributed by atoms with Crippen LogP contribution in [0.1, 0.15) is 12.8 Å². The zero-order valence-corrected chi connectivity index (χ0v) is 15.8. The number of aromatic nitrogens is 2. The van der Waals surface area contributed by atoms with Crippen LogP contribution in [-0.2, 0) is 4.79 Å². The molecule has 1 aromatic heterocycles. The Hall–Kier alpha value is -3.13. The molecule has 1 saturated carbocycles. The topological polar surface area (TPSA) is 96.0 Å². The number of amides is 3. The lowest BCUT2D eigenvalue weighted by atomic mass is 10.2. The van der Waals surface area contributed by atoms with Crippen molar-refractivity contribution < 1.29 is 9.59 Å². The second-order valence-corrected chi connectivity index (χ2v) is 7.39. The molecule has 0 bridgehead atoms. The number of benzene rings is 2. The smallest absolute Gasteiger partial charge is 0.321 e. The molecule has 1 aliphatic carbocycles. The van der Waals surface area contributed by atoms with E-state index in [0.717, 1.165) is 29.4 Å². The number of imide groups is 1. The molecular weight excluding hydrogens is 374 g/mol. The summed E-state index contributed by atoms with van der Waals surface area (Å²) in [5.74, 6) is 0.352. The van der Waals surface area contributed by atoms with E-state index in [1.807, 2.05) is 54.6 Å². The predicted molar refractivity (Wildman–Crippen MR) is 110 cm³/mol. The molecule has 2 aromatic carbocycles. The second-order valence-electron chi connectivity index (χ2n) is 6.45. The van der Waals surface area contributed by atoms with Gasteiger partial charge in [0.15, 0.2) is 5.16 Å². The Morgan fingerprint density at radius 2 is 1.75 bits per heavy atom. The number of hydrogen-bond acceptors (Lipinski definition) is 6. The fraction of sp³-hybridized carbons (Fsp3) is 0.200. The highest BCUT2D eigenvalue weighted by Crippen LogP contribution is 2.26. The van der Waals surface area contributed by atoms with Gasteiger partial charge in [-0.1, -0.05) is 42.1 Å². The number of hydrogen-bond donors (Lipinski definition) is 3. The summed E-state index contributed by atoms with van der Waals surface area (Å²) in [6, 6.07) is 17.2. The standard InChI is InChI=1S/C20H19N5O2S/c26-17(24-19(27)22-14-10-11-14)12-28-20-23-16-9-5-4-8-15(16)18(25-20)21-13-6-2-1-3-7-13/h1-9,14H,10-12H2,(H,21,23,25)(H2,22,24,26,27). The summed E-state index contributed by atoms with van der Waals surface area (Å²) >= 11 is 1.19. The maximum Gasteiger partial charge on any atom is 0.321 e. The van der Waals surface area contributed by atoms with Crippen molar-refractivity contribution in [3.05, 3.63) is 54.6 Å². The Bertz CT molecular complexity index is 1010. The van der Waals surface area contributed by atoms with E-state index in [9.17, 15) is 9.59 Å². The summed E-state index contributed by atoms with van der Waals surface area (Å²) in [5.41, 5.74) is 1.70. The van der Waals surface area contributed by atoms with Crippen LogP contribution >= 0.6 is 11.8 Å².